The van der Waals surface area contributed by atoms with E-state index in [-0.39, 0.29) is 17.5 Å². The van der Waals surface area contributed by atoms with E-state index in [1.807, 2.05) is 22.8 Å². The summed E-state index contributed by atoms with van der Waals surface area (Å²) in [6.45, 7) is 2.63. The molecule has 0 aliphatic heterocycles. The van der Waals surface area contributed by atoms with Crippen molar-refractivity contribution >= 4 is 22.6 Å². The van der Waals surface area contributed by atoms with Crippen LogP contribution in [0.3, 0.4) is 0 Å². The Morgan fingerprint density at radius 2 is 1.77 bits per heavy atom. The van der Waals surface area contributed by atoms with Gasteiger partial charge in [0.1, 0.15) is 12.4 Å². The molecule has 188 valence electrons. The van der Waals surface area contributed by atoms with E-state index in [4.69, 9.17) is 14.2 Å². The first kappa shape index (κ1) is 24.9. The number of methoxy groups -OCH3 is 1. The number of nitrogens with zero attached hydrogens (tertiary/aromatic N) is 3. The standard InChI is InChI=1S/C26H34N4O5/c1-29-23-8-7-22(35-16-15-34-14-13-33-2)17-24(23)30(26(29)32)18-19-3-5-20(6-4-19)25(31)28-21-9-11-27-12-10-21/h7-12,17,19-20H,3-6,13-16,18H2,1-2H3,(H,27,28,31)/t19-,20-. The van der Waals surface area contributed by atoms with E-state index >= 15 is 0 Å². The number of nitrogens with one attached hydrogen (secondary N) is 1. The van der Waals surface area contributed by atoms with E-state index in [2.05, 4.69) is 10.3 Å². The van der Waals surface area contributed by atoms with Gasteiger partial charge in [-0.15, -0.1) is 0 Å². The highest BCUT2D eigenvalue weighted by Gasteiger charge is 2.27. The second-order valence-electron chi connectivity index (χ2n) is 9.00. The van der Waals surface area contributed by atoms with Crippen LogP contribution in [0.5, 0.6) is 5.75 Å². The zero-order valence-electron chi connectivity index (χ0n) is 20.4. The Labute approximate surface area is 205 Å². The summed E-state index contributed by atoms with van der Waals surface area (Å²) in [6, 6.07) is 9.33. The summed E-state index contributed by atoms with van der Waals surface area (Å²) in [4.78, 5) is 29.6. The lowest BCUT2D eigenvalue weighted by Crippen LogP contribution is -2.30. The van der Waals surface area contributed by atoms with E-state index in [9.17, 15) is 9.59 Å². The second kappa shape index (κ2) is 12.0. The minimum Gasteiger partial charge on any atom is -0.491 e. The van der Waals surface area contributed by atoms with Crippen molar-refractivity contribution in [3.63, 3.8) is 0 Å². The second-order valence-corrected chi connectivity index (χ2v) is 9.00. The van der Waals surface area contributed by atoms with Gasteiger partial charge >= 0.3 is 5.69 Å². The number of pyridine rings is 1. The molecule has 0 bridgehead atoms. The average molecular weight is 483 g/mol. The van der Waals surface area contributed by atoms with Gasteiger partial charge in [-0.3, -0.25) is 18.9 Å². The van der Waals surface area contributed by atoms with Gasteiger partial charge in [0.15, 0.2) is 0 Å². The van der Waals surface area contributed by atoms with Gasteiger partial charge in [-0.2, -0.15) is 0 Å². The maximum Gasteiger partial charge on any atom is 0.328 e. The van der Waals surface area contributed by atoms with Crippen molar-refractivity contribution in [1.82, 2.24) is 14.1 Å². The van der Waals surface area contributed by atoms with E-state index in [0.29, 0.717) is 44.6 Å². The fraction of sp³-hybridized carbons (Fsp3) is 0.500. The molecule has 0 spiro atoms. The molecule has 9 nitrogen and oxygen atoms in total. The number of aromatic nitrogens is 3. The largest absolute Gasteiger partial charge is 0.491 e. The third-order valence-electron chi connectivity index (χ3n) is 6.65. The van der Waals surface area contributed by atoms with Crippen LogP contribution in [-0.2, 0) is 27.9 Å². The number of imidazole rings is 1. The van der Waals surface area contributed by atoms with Crippen molar-refractivity contribution in [2.45, 2.75) is 32.2 Å². The first-order chi connectivity index (χ1) is 17.1. The van der Waals surface area contributed by atoms with Crippen molar-refractivity contribution in [3.8, 4) is 5.75 Å². The van der Waals surface area contributed by atoms with Crippen LogP contribution in [0.2, 0.25) is 0 Å². The monoisotopic (exact) mass is 482 g/mol. The van der Waals surface area contributed by atoms with E-state index in [0.717, 1.165) is 42.4 Å². The molecule has 1 saturated carbocycles. The van der Waals surface area contributed by atoms with Crippen LogP contribution >= 0.6 is 0 Å². The molecule has 2 aromatic heterocycles. The van der Waals surface area contributed by atoms with Crippen molar-refractivity contribution < 1.29 is 19.0 Å². The summed E-state index contributed by atoms with van der Waals surface area (Å²) in [5, 5.41) is 2.98. The van der Waals surface area contributed by atoms with Crippen molar-refractivity contribution in [1.29, 1.82) is 0 Å². The Morgan fingerprint density at radius 1 is 1.03 bits per heavy atom. The number of rotatable bonds is 11. The number of aryl methyl sites for hydroxylation is 1. The molecule has 9 heteroatoms. The van der Waals surface area contributed by atoms with E-state index < -0.39 is 0 Å². The Hall–Kier alpha value is -3.17. The highest BCUT2D eigenvalue weighted by molar-refractivity contribution is 5.92. The maximum atomic E-state index is 13.0. The fourth-order valence-corrected chi connectivity index (χ4v) is 4.66. The molecule has 0 unspecified atom stereocenters. The van der Waals surface area contributed by atoms with Crippen molar-refractivity contribution in [3.05, 3.63) is 53.2 Å². The number of hydrogen-bond donors (Lipinski definition) is 1. The van der Waals surface area contributed by atoms with Gasteiger partial charge in [0.2, 0.25) is 5.91 Å². The zero-order chi connectivity index (χ0) is 24.6. The molecule has 1 fully saturated rings. The van der Waals surface area contributed by atoms with Gasteiger partial charge in [0, 0.05) is 50.8 Å². The number of benzene rings is 1. The molecular weight excluding hydrogens is 448 g/mol. The summed E-state index contributed by atoms with van der Waals surface area (Å²) < 4.78 is 19.8. The first-order valence-corrected chi connectivity index (χ1v) is 12.2. The Balaban J connectivity index is 1.35. The molecule has 3 aromatic rings. The summed E-state index contributed by atoms with van der Waals surface area (Å²) in [5.74, 6) is 1.12. The predicted octanol–water partition coefficient (Wildman–Crippen LogP) is 3.22. The lowest BCUT2D eigenvalue weighted by molar-refractivity contribution is -0.121. The highest BCUT2D eigenvalue weighted by atomic mass is 16.5. The molecule has 1 aromatic carbocycles. The molecule has 0 saturated heterocycles. The SMILES string of the molecule is COCCOCCOc1ccc2c(c1)n(C[C@H]1CC[C@H](C(=O)Nc3ccncc3)CC1)c(=O)n2C. The van der Waals surface area contributed by atoms with Gasteiger partial charge in [-0.25, -0.2) is 4.79 Å². The summed E-state index contributed by atoms with van der Waals surface area (Å²) in [6.07, 6.45) is 6.79. The maximum absolute atomic E-state index is 13.0. The van der Waals surface area contributed by atoms with Gasteiger partial charge in [0.05, 0.1) is 30.9 Å². The number of anilines is 1. The lowest BCUT2D eigenvalue weighted by Gasteiger charge is -2.28. The van der Waals surface area contributed by atoms with E-state index in [1.165, 1.54) is 0 Å². The number of hydrogen-bond acceptors (Lipinski definition) is 6. The molecule has 35 heavy (non-hydrogen) atoms. The van der Waals surface area contributed by atoms with Gasteiger partial charge < -0.3 is 19.5 Å². The van der Waals surface area contributed by atoms with Crippen LogP contribution in [0.1, 0.15) is 25.7 Å². The number of fused-ring (bicyclic) bond motifs is 1. The minimum atomic E-state index is -0.0300. The van der Waals surface area contributed by atoms with Crippen LogP contribution in [0.15, 0.2) is 47.5 Å². The Bertz CT molecular complexity index is 1170. The normalized spacial score (nSPS) is 18.0. The first-order valence-electron chi connectivity index (χ1n) is 12.2. The van der Waals surface area contributed by atoms with E-state index in [1.54, 1.807) is 43.3 Å². The molecule has 4 rings (SSSR count). The average Bonchev–Trinajstić information content (AvgIpc) is 3.11. The van der Waals surface area contributed by atoms with Gasteiger partial charge in [0.25, 0.3) is 0 Å². The summed E-state index contributed by atoms with van der Waals surface area (Å²) >= 11 is 0. The Morgan fingerprint density at radius 3 is 2.51 bits per heavy atom. The van der Waals surface area contributed by atoms with Crippen LogP contribution in [0.4, 0.5) is 5.69 Å². The molecule has 1 N–H and O–H groups in total. The van der Waals surface area contributed by atoms with Crippen molar-refractivity contribution in [2.75, 3.05) is 38.9 Å². The van der Waals surface area contributed by atoms with Crippen LogP contribution < -0.4 is 15.7 Å². The molecule has 0 atom stereocenters. The quantitative estimate of drug-likeness (QED) is 0.422. The minimum absolute atomic E-state index is 0.00485. The molecule has 1 aliphatic rings. The molecule has 1 amide bonds. The van der Waals surface area contributed by atoms with Crippen LogP contribution in [0.25, 0.3) is 11.0 Å². The van der Waals surface area contributed by atoms with Gasteiger partial charge in [-0.05, 0) is 55.9 Å². The third kappa shape index (κ3) is 6.29. The predicted molar refractivity (Wildman–Crippen MR) is 134 cm³/mol. The summed E-state index contributed by atoms with van der Waals surface area (Å²) in [7, 11) is 3.44. The lowest BCUT2D eigenvalue weighted by atomic mass is 9.81. The highest BCUT2D eigenvalue weighted by Crippen LogP contribution is 2.31. The number of carbonyl (C=O) groups is 1. The summed E-state index contributed by atoms with van der Waals surface area (Å²) in [5.41, 5.74) is 2.49. The van der Waals surface area contributed by atoms with Crippen LogP contribution in [-0.4, -0.2) is 53.6 Å². The topological polar surface area (TPSA) is 96.6 Å². The van der Waals surface area contributed by atoms with Crippen LogP contribution in [0, 0.1) is 11.8 Å². The molecular formula is C26H34N4O5. The molecule has 2 heterocycles. The molecule has 0 radical (unpaired) electrons. The number of carbonyl (C=O) groups excluding carboxylic acids is 1. The third-order valence-corrected chi connectivity index (χ3v) is 6.65. The fourth-order valence-electron chi connectivity index (χ4n) is 4.66. The number of ether oxygens (including phenoxy) is 3. The van der Waals surface area contributed by atoms with Crippen molar-refractivity contribution in [2.24, 2.45) is 18.9 Å². The zero-order valence-corrected chi connectivity index (χ0v) is 20.4. The molecule has 1 aliphatic carbocycles. The number of amides is 1. The van der Waals surface area contributed by atoms with Gasteiger partial charge in [-0.1, -0.05) is 0 Å². The smallest absolute Gasteiger partial charge is 0.328 e. The Kier molecular flexibility index (Phi) is 8.54.